The molecule has 21 heavy (non-hydrogen) atoms. The molecule has 2 aliphatic heterocycles. The molecule has 3 unspecified atom stereocenters. The Morgan fingerprint density at radius 2 is 2.24 bits per heavy atom. The molecule has 2 fully saturated rings. The number of carbonyl (C=O) groups is 1. The number of likely N-dealkylation sites (tertiary alicyclic amines) is 1. The number of hydrogen-bond donors (Lipinski definition) is 2. The maximum atomic E-state index is 12.1. The lowest BCUT2D eigenvalue weighted by atomic mass is 9.90. The molecule has 5 nitrogen and oxygen atoms in total. The van der Waals surface area contributed by atoms with E-state index in [2.05, 4.69) is 24.1 Å². The molecule has 0 saturated carbocycles. The highest BCUT2D eigenvalue weighted by Gasteiger charge is 2.33. The van der Waals surface area contributed by atoms with E-state index in [-0.39, 0.29) is 11.8 Å². The molecule has 1 amide bonds. The van der Waals surface area contributed by atoms with Crippen LogP contribution < -0.4 is 11.1 Å². The molecule has 3 atom stereocenters. The molecular formula is C16H31N3O2. The lowest BCUT2D eigenvalue weighted by molar-refractivity contribution is -0.127. The first kappa shape index (κ1) is 16.7. The van der Waals surface area contributed by atoms with Gasteiger partial charge in [0.25, 0.3) is 0 Å². The Labute approximate surface area is 128 Å². The number of hydrogen-bond acceptors (Lipinski definition) is 4. The quantitative estimate of drug-likeness (QED) is 0.794. The molecule has 2 aliphatic rings. The summed E-state index contributed by atoms with van der Waals surface area (Å²) in [6.45, 7) is 8.43. The Morgan fingerprint density at radius 3 is 2.95 bits per heavy atom. The van der Waals surface area contributed by atoms with Crippen LogP contribution in [0.25, 0.3) is 0 Å². The summed E-state index contributed by atoms with van der Waals surface area (Å²) < 4.78 is 5.87. The predicted molar refractivity (Wildman–Crippen MR) is 84.0 cm³/mol. The molecule has 0 aromatic heterocycles. The van der Waals surface area contributed by atoms with Crippen LogP contribution in [-0.4, -0.2) is 55.7 Å². The van der Waals surface area contributed by atoms with Gasteiger partial charge in [0.2, 0.25) is 5.91 Å². The molecule has 5 heteroatoms. The molecule has 3 N–H and O–H groups in total. The molecule has 2 heterocycles. The highest BCUT2D eigenvalue weighted by atomic mass is 16.5. The van der Waals surface area contributed by atoms with Crippen LogP contribution >= 0.6 is 0 Å². The number of nitrogens with two attached hydrogens (primary N) is 1. The Hall–Kier alpha value is -0.650. The van der Waals surface area contributed by atoms with Crippen LogP contribution in [0.3, 0.4) is 0 Å². The van der Waals surface area contributed by atoms with Gasteiger partial charge in [0.1, 0.15) is 0 Å². The van der Waals surface area contributed by atoms with Gasteiger partial charge in [-0.15, -0.1) is 0 Å². The van der Waals surface area contributed by atoms with E-state index in [9.17, 15) is 4.79 Å². The van der Waals surface area contributed by atoms with Gasteiger partial charge in [0.15, 0.2) is 0 Å². The second-order valence-electron chi connectivity index (χ2n) is 6.75. The number of carbonyl (C=O) groups excluding carboxylic acids is 1. The topological polar surface area (TPSA) is 67.6 Å². The van der Waals surface area contributed by atoms with Crippen molar-refractivity contribution in [3.63, 3.8) is 0 Å². The Bertz CT molecular complexity index is 335. The van der Waals surface area contributed by atoms with Gasteiger partial charge in [-0.2, -0.15) is 0 Å². The SMILES string of the molecule is CC(C)C1CC(N2CCCC(C(=O)NCCN)C2)CCO1. The van der Waals surface area contributed by atoms with Crippen LogP contribution in [0.2, 0.25) is 0 Å². The first-order chi connectivity index (χ1) is 10.1. The molecule has 0 bridgehead atoms. The smallest absolute Gasteiger partial charge is 0.224 e. The molecule has 2 rings (SSSR count). The molecule has 0 radical (unpaired) electrons. The predicted octanol–water partition coefficient (Wildman–Crippen LogP) is 0.977. The van der Waals surface area contributed by atoms with E-state index in [4.69, 9.17) is 10.5 Å². The third-order valence-electron chi connectivity index (χ3n) is 4.81. The van der Waals surface area contributed by atoms with Gasteiger partial charge in [-0.3, -0.25) is 9.69 Å². The summed E-state index contributed by atoms with van der Waals surface area (Å²) >= 11 is 0. The Balaban J connectivity index is 1.86. The second kappa shape index (κ2) is 8.11. The van der Waals surface area contributed by atoms with Gasteiger partial charge < -0.3 is 15.8 Å². The van der Waals surface area contributed by atoms with Crippen molar-refractivity contribution in [1.29, 1.82) is 0 Å². The standard InChI is InChI=1S/C16H31N3O2/c1-12(2)15-10-14(5-9-21-15)19-8-3-4-13(11-19)16(20)18-7-6-17/h12-15H,3-11,17H2,1-2H3,(H,18,20). The molecule has 122 valence electrons. The van der Waals surface area contributed by atoms with Crippen molar-refractivity contribution < 1.29 is 9.53 Å². The fourth-order valence-corrected chi connectivity index (χ4v) is 3.50. The maximum Gasteiger partial charge on any atom is 0.224 e. The Kier molecular flexibility index (Phi) is 6.45. The van der Waals surface area contributed by atoms with E-state index < -0.39 is 0 Å². The van der Waals surface area contributed by atoms with Crippen LogP contribution in [0.15, 0.2) is 0 Å². The summed E-state index contributed by atoms with van der Waals surface area (Å²) in [4.78, 5) is 14.7. The highest BCUT2D eigenvalue weighted by molar-refractivity contribution is 5.78. The van der Waals surface area contributed by atoms with Gasteiger partial charge in [-0.25, -0.2) is 0 Å². The van der Waals surface area contributed by atoms with Crippen molar-refractivity contribution in [3.05, 3.63) is 0 Å². The van der Waals surface area contributed by atoms with Crippen molar-refractivity contribution in [2.24, 2.45) is 17.6 Å². The lowest BCUT2D eigenvalue weighted by Crippen LogP contribution is -2.50. The zero-order valence-electron chi connectivity index (χ0n) is 13.5. The zero-order valence-corrected chi connectivity index (χ0v) is 13.5. The first-order valence-electron chi connectivity index (χ1n) is 8.45. The summed E-state index contributed by atoms with van der Waals surface area (Å²) in [5.74, 6) is 0.879. The zero-order chi connectivity index (χ0) is 15.2. The normalized spacial score (nSPS) is 31.3. The molecular weight excluding hydrogens is 266 g/mol. The van der Waals surface area contributed by atoms with Crippen LogP contribution in [0.4, 0.5) is 0 Å². The van der Waals surface area contributed by atoms with Crippen molar-refractivity contribution >= 4 is 5.91 Å². The average molecular weight is 297 g/mol. The first-order valence-corrected chi connectivity index (χ1v) is 8.45. The largest absolute Gasteiger partial charge is 0.378 e. The summed E-state index contributed by atoms with van der Waals surface area (Å²) in [7, 11) is 0. The van der Waals surface area contributed by atoms with Crippen LogP contribution in [0, 0.1) is 11.8 Å². The highest BCUT2D eigenvalue weighted by Crippen LogP contribution is 2.27. The summed E-state index contributed by atoms with van der Waals surface area (Å²) in [6.07, 6.45) is 4.69. The summed E-state index contributed by atoms with van der Waals surface area (Å²) in [6, 6.07) is 0.580. The number of piperidine rings is 1. The van der Waals surface area contributed by atoms with E-state index in [1.54, 1.807) is 0 Å². The van der Waals surface area contributed by atoms with E-state index in [1.165, 1.54) is 0 Å². The maximum absolute atomic E-state index is 12.1. The van der Waals surface area contributed by atoms with Crippen LogP contribution in [0.1, 0.15) is 39.5 Å². The minimum atomic E-state index is 0.130. The number of nitrogens with one attached hydrogen (secondary N) is 1. The van der Waals surface area contributed by atoms with E-state index >= 15 is 0 Å². The molecule has 2 saturated heterocycles. The van der Waals surface area contributed by atoms with E-state index in [0.717, 1.165) is 45.4 Å². The third-order valence-corrected chi connectivity index (χ3v) is 4.81. The third kappa shape index (κ3) is 4.66. The minimum Gasteiger partial charge on any atom is -0.378 e. The molecule has 0 aromatic carbocycles. The number of ether oxygens (including phenoxy) is 1. The van der Waals surface area contributed by atoms with Crippen molar-refractivity contribution in [2.45, 2.75) is 51.7 Å². The number of amides is 1. The lowest BCUT2D eigenvalue weighted by Gasteiger charge is -2.42. The van der Waals surface area contributed by atoms with Gasteiger partial charge in [0, 0.05) is 32.3 Å². The second-order valence-corrected chi connectivity index (χ2v) is 6.75. The molecule has 0 aliphatic carbocycles. The van der Waals surface area contributed by atoms with Gasteiger partial charge in [0.05, 0.1) is 12.0 Å². The number of rotatable bonds is 5. The fourth-order valence-electron chi connectivity index (χ4n) is 3.50. The average Bonchev–Trinajstić information content (AvgIpc) is 2.52. The van der Waals surface area contributed by atoms with Crippen molar-refractivity contribution in [2.75, 3.05) is 32.8 Å². The molecule has 0 spiro atoms. The van der Waals surface area contributed by atoms with Gasteiger partial charge in [-0.05, 0) is 38.1 Å². The van der Waals surface area contributed by atoms with Crippen molar-refractivity contribution in [3.8, 4) is 0 Å². The monoisotopic (exact) mass is 297 g/mol. The van der Waals surface area contributed by atoms with Gasteiger partial charge >= 0.3 is 0 Å². The van der Waals surface area contributed by atoms with Crippen LogP contribution in [-0.2, 0) is 9.53 Å². The summed E-state index contributed by atoms with van der Waals surface area (Å²) in [5.41, 5.74) is 5.46. The van der Waals surface area contributed by atoms with Gasteiger partial charge in [-0.1, -0.05) is 13.8 Å². The minimum absolute atomic E-state index is 0.130. The molecule has 0 aromatic rings. The van der Waals surface area contributed by atoms with E-state index in [1.807, 2.05) is 0 Å². The fraction of sp³-hybridized carbons (Fsp3) is 0.938. The van der Waals surface area contributed by atoms with Crippen molar-refractivity contribution in [1.82, 2.24) is 10.2 Å². The van der Waals surface area contributed by atoms with Crippen LogP contribution in [0.5, 0.6) is 0 Å². The van der Waals surface area contributed by atoms with E-state index in [0.29, 0.717) is 31.2 Å². The number of nitrogens with zero attached hydrogens (tertiary/aromatic N) is 1. The Morgan fingerprint density at radius 1 is 1.43 bits per heavy atom. The summed E-state index contributed by atoms with van der Waals surface area (Å²) in [5, 5.41) is 2.94.